The number of benzene rings is 1. The fourth-order valence-electron chi connectivity index (χ4n) is 2.54. The van der Waals surface area contributed by atoms with Gasteiger partial charge in [-0.05, 0) is 54.4 Å². The molecule has 0 unspecified atom stereocenters. The predicted octanol–water partition coefficient (Wildman–Crippen LogP) is 5.22. The van der Waals surface area contributed by atoms with Gasteiger partial charge in [0.1, 0.15) is 21.7 Å². The van der Waals surface area contributed by atoms with E-state index in [9.17, 15) is 4.79 Å². The maximum absolute atomic E-state index is 12.8. The minimum Gasteiger partial charge on any atom is -0.465 e. The van der Waals surface area contributed by atoms with E-state index in [1.54, 1.807) is 30.7 Å². The van der Waals surface area contributed by atoms with E-state index in [-0.39, 0.29) is 5.70 Å². The van der Waals surface area contributed by atoms with E-state index in [2.05, 4.69) is 31.2 Å². The minimum absolute atomic E-state index is 0.209. The number of ether oxygens (including phenoxy) is 1. The van der Waals surface area contributed by atoms with Crippen LogP contribution in [0.3, 0.4) is 0 Å². The molecule has 0 aliphatic rings. The maximum Gasteiger partial charge on any atom is 0.355 e. The zero-order valence-corrected chi connectivity index (χ0v) is 18.1. The molecule has 29 heavy (non-hydrogen) atoms. The number of hydrogen-bond acceptors (Lipinski definition) is 6. The van der Waals surface area contributed by atoms with Crippen molar-refractivity contribution < 1.29 is 13.9 Å². The summed E-state index contributed by atoms with van der Waals surface area (Å²) < 4.78 is 11.5. The molecule has 0 radical (unpaired) electrons. The van der Waals surface area contributed by atoms with Gasteiger partial charge in [-0.1, -0.05) is 30.3 Å². The Morgan fingerprint density at radius 1 is 1.21 bits per heavy atom. The first-order chi connectivity index (χ1) is 13.8. The van der Waals surface area contributed by atoms with Crippen LogP contribution in [0.2, 0.25) is 0 Å². The molecule has 0 spiro atoms. The summed E-state index contributed by atoms with van der Waals surface area (Å²) in [5.74, 6) is 0.484. The largest absolute Gasteiger partial charge is 0.465 e. The molecule has 1 N–H and O–H groups in total. The van der Waals surface area contributed by atoms with Gasteiger partial charge in [0.15, 0.2) is 5.82 Å². The van der Waals surface area contributed by atoms with Gasteiger partial charge in [0.05, 0.1) is 18.2 Å². The van der Waals surface area contributed by atoms with Gasteiger partial charge in [-0.25, -0.2) is 14.8 Å². The Bertz CT molecular complexity index is 994. The Kier molecular flexibility index (Phi) is 6.49. The van der Waals surface area contributed by atoms with Crippen molar-refractivity contribution in [3.63, 3.8) is 0 Å². The van der Waals surface area contributed by atoms with Crippen LogP contribution >= 0.6 is 15.9 Å². The summed E-state index contributed by atoms with van der Waals surface area (Å²) in [5.41, 5.74) is 1.34. The number of nitrogens with zero attached hydrogens (tertiary/aromatic N) is 2. The molecule has 2 aromatic heterocycles. The molecule has 0 aliphatic carbocycles. The van der Waals surface area contributed by atoms with E-state index < -0.39 is 11.6 Å². The molecular weight excluding hydrogens is 434 g/mol. The van der Waals surface area contributed by atoms with Gasteiger partial charge in [0, 0.05) is 12.5 Å². The number of rotatable bonds is 6. The molecule has 1 aromatic carbocycles. The monoisotopic (exact) mass is 455 g/mol. The van der Waals surface area contributed by atoms with E-state index in [1.165, 1.54) is 0 Å². The first-order valence-corrected chi connectivity index (χ1v) is 9.90. The molecule has 7 heteroatoms. The van der Waals surface area contributed by atoms with Crippen LogP contribution in [0.5, 0.6) is 0 Å². The predicted molar refractivity (Wildman–Crippen MR) is 115 cm³/mol. The van der Waals surface area contributed by atoms with E-state index in [1.807, 2.05) is 51.1 Å². The van der Waals surface area contributed by atoms with Crippen LogP contribution in [-0.4, -0.2) is 21.5 Å². The molecule has 150 valence electrons. The zero-order valence-electron chi connectivity index (χ0n) is 16.5. The lowest BCUT2D eigenvalue weighted by atomic mass is 10.1. The fraction of sp³-hybridized carbons (Fsp3) is 0.227. The second kappa shape index (κ2) is 9.05. The summed E-state index contributed by atoms with van der Waals surface area (Å²) in [5, 5.41) is 3.09. The molecule has 0 bridgehead atoms. The molecule has 3 aromatic rings. The summed E-state index contributed by atoms with van der Waals surface area (Å²) in [6, 6.07) is 13.4. The number of anilines is 1. The highest BCUT2D eigenvalue weighted by molar-refractivity contribution is 9.10. The standard InChI is InChI=1S/C22H22BrN3O3/c1-22(2,3)29-21(27)18(13-16-10-7-11-28-16)26-20-17(25-19(23)14-24-20)12-15-8-5-4-6-9-15/h4-11,13-14H,12H2,1-3H3,(H,24,26). The fourth-order valence-corrected chi connectivity index (χ4v) is 2.86. The van der Waals surface area contributed by atoms with Gasteiger partial charge >= 0.3 is 5.97 Å². The third-order valence-corrected chi connectivity index (χ3v) is 4.11. The smallest absolute Gasteiger partial charge is 0.355 e. The minimum atomic E-state index is -0.640. The van der Waals surface area contributed by atoms with Crippen molar-refractivity contribution in [1.29, 1.82) is 0 Å². The highest BCUT2D eigenvalue weighted by Gasteiger charge is 2.22. The molecule has 0 fully saturated rings. The van der Waals surface area contributed by atoms with Gasteiger partial charge < -0.3 is 14.5 Å². The Morgan fingerprint density at radius 3 is 2.62 bits per heavy atom. The zero-order chi connectivity index (χ0) is 20.9. The lowest BCUT2D eigenvalue weighted by molar-refractivity contribution is -0.149. The summed E-state index contributed by atoms with van der Waals surface area (Å²) >= 11 is 3.37. The molecular formula is C22H22BrN3O3. The second-order valence-electron chi connectivity index (χ2n) is 7.35. The van der Waals surface area contributed by atoms with E-state index >= 15 is 0 Å². The van der Waals surface area contributed by atoms with Gasteiger partial charge in [0.2, 0.25) is 0 Å². The van der Waals surface area contributed by atoms with E-state index in [0.717, 1.165) is 5.56 Å². The van der Waals surface area contributed by atoms with Crippen LogP contribution in [0, 0.1) is 0 Å². The number of furan rings is 1. The van der Waals surface area contributed by atoms with Crippen LogP contribution in [0.25, 0.3) is 6.08 Å². The van der Waals surface area contributed by atoms with Crippen LogP contribution < -0.4 is 5.32 Å². The number of esters is 1. The van der Waals surface area contributed by atoms with E-state index in [4.69, 9.17) is 9.15 Å². The van der Waals surface area contributed by atoms with Gasteiger partial charge in [-0.2, -0.15) is 0 Å². The Morgan fingerprint density at radius 2 is 1.97 bits per heavy atom. The molecule has 0 saturated carbocycles. The van der Waals surface area contributed by atoms with E-state index in [0.29, 0.717) is 28.3 Å². The van der Waals surface area contributed by atoms with Crippen molar-refractivity contribution in [2.24, 2.45) is 0 Å². The molecule has 0 atom stereocenters. The first kappa shape index (κ1) is 20.8. The van der Waals surface area contributed by atoms with Crippen molar-refractivity contribution in [3.05, 3.63) is 82.2 Å². The van der Waals surface area contributed by atoms with Gasteiger partial charge in [0.25, 0.3) is 0 Å². The molecule has 0 saturated heterocycles. The van der Waals surface area contributed by atoms with Crippen molar-refractivity contribution in [2.75, 3.05) is 5.32 Å². The lowest BCUT2D eigenvalue weighted by Crippen LogP contribution is -2.27. The number of carbonyl (C=O) groups is 1. The van der Waals surface area contributed by atoms with Crippen LogP contribution in [-0.2, 0) is 16.0 Å². The number of carbonyl (C=O) groups excluding carboxylic acids is 1. The van der Waals surface area contributed by atoms with Gasteiger partial charge in [-0.15, -0.1) is 0 Å². The number of halogens is 1. The first-order valence-electron chi connectivity index (χ1n) is 9.11. The summed E-state index contributed by atoms with van der Waals surface area (Å²) in [4.78, 5) is 21.7. The maximum atomic E-state index is 12.8. The summed E-state index contributed by atoms with van der Waals surface area (Å²) in [6.45, 7) is 5.45. The van der Waals surface area contributed by atoms with Crippen LogP contribution in [0.4, 0.5) is 5.82 Å². The van der Waals surface area contributed by atoms with Crippen molar-refractivity contribution in [3.8, 4) is 0 Å². The van der Waals surface area contributed by atoms with Crippen molar-refractivity contribution in [2.45, 2.75) is 32.8 Å². The molecule has 3 rings (SSSR count). The van der Waals surface area contributed by atoms with Crippen LogP contribution in [0.15, 0.2) is 69.6 Å². The molecule has 2 heterocycles. The second-order valence-corrected chi connectivity index (χ2v) is 8.16. The molecule has 6 nitrogen and oxygen atoms in total. The topological polar surface area (TPSA) is 77.2 Å². The SMILES string of the molecule is CC(C)(C)OC(=O)C(=Cc1ccco1)Nc1ncc(Br)nc1Cc1ccccc1. The Labute approximate surface area is 178 Å². The van der Waals surface area contributed by atoms with Crippen LogP contribution in [0.1, 0.15) is 37.8 Å². The average Bonchev–Trinajstić information content (AvgIpc) is 3.16. The number of nitrogens with one attached hydrogen (secondary N) is 1. The number of aromatic nitrogens is 2. The highest BCUT2D eigenvalue weighted by Crippen LogP contribution is 2.22. The average molecular weight is 456 g/mol. The van der Waals surface area contributed by atoms with Crippen molar-refractivity contribution in [1.82, 2.24) is 9.97 Å². The Balaban J connectivity index is 1.94. The highest BCUT2D eigenvalue weighted by atomic mass is 79.9. The van der Waals surface area contributed by atoms with Crippen molar-refractivity contribution >= 4 is 33.8 Å². The third kappa shape index (κ3) is 6.29. The van der Waals surface area contributed by atoms with Gasteiger partial charge in [-0.3, -0.25) is 0 Å². The summed E-state index contributed by atoms with van der Waals surface area (Å²) in [6.07, 6.45) is 5.26. The molecule has 0 amide bonds. The normalized spacial score (nSPS) is 11.9. The molecule has 0 aliphatic heterocycles. The quantitative estimate of drug-likeness (QED) is 0.405. The Hall–Kier alpha value is -2.93. The number of hydrogen-bond donors (Lipinski definition) is 1. The lowest BCUT2D eigenvalue weighted by Gasteiger charge is -2.21. The third-order valence-electron chi connectivity index (χ3n) is 3.73. The summed E-state index contributed by atoms with van der Waals surface area (Å²) in [7, 11) is 0.